The number of rotatable bonds is 6. The molecule has 2 N–H and O–H groups in total. The number of anilines is 1. The second-order valence-corrected chi connectivity index (χ2v) is 11.4. The van der Waals surface area contributed by atoms with E-state index in [4.69, 9.17) is 23.2 Å². The van der Waals surface area contributed by atoms with Crippen molar-refractivity contribution in [2.24, 2.45) is 5.92 Å². The Morgan fingerprint density at radius 1 is 1.03 bits per heavy atom. The molecule has 196 valence electrons. The van der Waals surface area contributed by atoms with Crippen LogP contribution in [0.15, 0.2) is 36.5 Å². The van der Waals surface area contributed by atoms with Gasteiger partial charge in [0.25, 0.3) is 0 Å². The van der Waals surface area contributed by atoms with Crippen molar-refractivity contribution in [3.63, 3.8) is 0 Å². The quantitative estimate of drug-likeness (QED) is 0.356. The van der Waals surface area contributed by atoms with Crippen molar-refractivity contribution in [3.05, 3.63) is 52.1 Å². The molecule has 6 nitrogen and oxygen atoms in total. The molecular weight excluding hydrogens is 507 g/mol. The number of fused-ring (bicyclic) bond motifs is 1. The van der Waals surface area contributed by atoms with Gasteiger partial charge >= 0.3 is 0 Å². The molecule has 0 unspecified atom stereocenters. The molecule has 0 bridgehead atoms. The van der Waals surface area contributed by atoms with Crippen molar-refractivity contribution in [2.75, 3.05) is 45.1 Å². The van der Waals surface area contributed by atoms with Gasteiger partial charge < -0.3 is 20.2 Å². The van der Waals surface area contributed by atoms with Gasteiger partial charge in [0.15, 0.2) is 11.5 Å². The van der Waals surface area contributed by atoms with Crippen molar-refractivity contribution in [1.82, 2.24) is 14.8 Å². The van der Waals surface area contributed by atoms with Crippen LogP contribution in [0, 0.1) is 5.92 Å². The molecule has 1 saturated carbocycles. The number of benzene rings is 2. The number of nitrogens with zero attached hydrogens (tertiary/aromatic N) is 3. The molecule has 2 fully saturated rings. The van der Waals surface area contributed by atoms with Crippen LogP contribution in [0.5, 0.6) is 5.75 Å². The van der Waals surface area contributed by atoms with E-state index in [1.807, 2.05) is 18.2 Å². The maximum absolute atomic E-state index is 12.6. The first kappa shape index (κ1) is 26.2. The van der Waals surface area contributed by atoms with E-state index in [9.17, 15) is 9.90 Å². The number of pyridine rings is 1. The fourth-order valence-corrected chi connectivity index (χ4v) is 6.10. The smallest absolute Gasteiger partial charge is 0.163 e. The number of carbonyl (C=O) groups excluding carboxylic acids is 1. The number of halogens is 2. The Hall–Kier alpha value is -2.38. The van der Waals surface area contributed by atoms with E-state index in [-0.39, 0.29) is 21.6 Å². The van der Waals surface area contributed by atoms with E-state index in [1.54, 1.807) is 25.3 Å². The third kappa shape index (κ3) is 5.88. The Labute approximate surface area is 228 Å². The zero-order valence-corrected chi connectivity index (χ0v) is 22.9. The molecule has 0 atom stereocenters. The topological polar surface area (TPSA) is 68.7 Å². The van der Waals surface area contributed by atoms with Crippen LogP contribution in [0.25, 0.3) is 22.0 Å². The molecule has 3 aromatic rings. The minimum atomic E-state index is -0.126. The number of likely N-dealkylation sites (N-methyl/N-ethyl adjacent to an activating group) is 1. The van der Waals surface area contributed by atoms with Gasteiger partial charge in [-0.3, -0.25) is 9.78 Å². The van der Waals surface area contributed by atoms with Crippen molar-refractivity contribution in [3.8, 4) is 16.9 Å². The van der Waals surface area contributed by atoms with Gasteiger partial charge in [-0.25, -0.2) is 0 Å². The van der Waals surface area contributed by atoms with Crippen LogP contribution in [-0.2, 0) is 0 Å². The predicted molar refractivity (Wildman–Crippen MR) is 152 cm³/mol. The van der Waals surface area contributed by atoms with Gasteiger partial charge in [0, 0.05) is 50.3 Å². The number of ketones is 1. The molecule has 2 aliphatic rings. The number of aromatic nitrogens is 1. The minimum Gasteiger partial charge on any atom is -0.505 e. The predicted octanol–water partition coefficient (Wildman–Crippen LogP) is 6.33. The third-order valence-corrected chi connectivity index (χ3v) is 8.48. The summed E-state index contributed by atoms with van der Waals surface area (Å²) in [5.41, 5.74) is 3.94. The van der Waals surface area contributed by atoms with E-state index in [2.05, 4.69) is 27.1 Å². The number of carbonyl (C=O) groups is 1. The van der Waals surface area contributed by atoms with Gasteiger partial charge in [-0.15, -0.1) is 0 Å². The van der Waals surface area contributed by atoms with Crippen LogP contribution >= 0.6 is 23.2 Å². The molecule has 0 radical (unpaired) electrons. The largest absolute Gasteiger partial charge is 0.505 e. The van der Waals surface area contributed by atoms with Gasteiger partial charge in [-0.2, -0.15) is 0 Å². The molecule has 2 aromatic carbocycles. The normalized spacial score (nSPS) is 21.3. The van der Waals surface area contributed by atoms with Crippen molar-refractivity contribution < 1.29 is 9.90 Å². The lowest BCUT2D eigenvalue weighted by atomic mass is 9.85. The molecule has 2 heterocycles. The number of phenols is 1. The Balaban J connectivity index is 1.37. The highest BCUT2D eigenvalue weighted by atomic mass is 35.5. The number of hydrogen-bond acceptors (Lipinski definition) is 6. The van der Waals surface area contributed by atoms with Crippen LogP contribution < -0.4 is 5.32 Å². The Kier molecular flexibility index (Phi) is 7.91. The highest BCUT2D eigenvalue weighted by Crippen LogP contribution is 2.39. The number of aromatic hydroxyl groups is 1. The number of piperazine rings is 1. The maximum Gasteiger partial charge on any atom is 0.163 e. The summed E-state index contributed by atoms with van der Waals surface area (Å²) in [6.07, 6.45) is 6.24. The van der Waals surface area contributed by atoms with Crippen molar-refractivity contribution >= 4 is 45.6 Å². The second kappa shape index (κ2) is 11.2. The lowest BCUT2D eigenvalue weighted by molar-refractivity contribution is 0.101. The zero-order chi connectivity index (χ0) is 26.1. The molecular formula is C29H34Cl2N4O2. The Morgan fingerprint density at radius 3 is 2.35 bits per heavy atom. The minimum absolute atomic E-state index is 0.0122. The number of Topliss-reactive ketones (excluding diaryl/α,β-unsaturated/α-hetero) is 1. The van der Waals surface area contributed by atoms with Crippen LogP contribution in [0.3, 0.4) is 0 Å². The lowest BCUT2D eigenvalue weighted by Gasteiger charge is -2.37. The molecule has 0 spiro atoms. The summed E-state index contributed by atoms with van der Waals surface area (Å²) in [5.74, 6) is 0.597. The first-order valence-corrected chi connectivity index (χ1v) is 13.8. The van der Waals surface area contributed by atoms with Crippen LogP contribution in [0.2, 0.25) is 10.0 Å². The lowest BCUT2D eigenvalue weighted by Crippen LogP contribution is -2.46. The molecule has 1 aliphatic carbocycles. The van der Waals surface area contributed by atoms with Crippen LogP contribution in [0.4, 0.5) is 5.69 Å². The average Bonchev–Trinajstić information content (AvgIpc) is 2.89. The maximum atomic E-state index is 12.6. The average molecular weight is 542 g/mol. The number of phenolic OH excluding ortho intramolecular Hbond substituents is 1. The monoisotopic (exact) mass is 540 g/mol. The fraction of sp³-hybridized carbons (Fsp3) is 0.448. The standard InChI is InChI=1S/C29H34Cl2N4O2/c1-18(36)24-16-32-27-8-5-20(21-14-25(30)29(37)26(31)15-21)13-23(27)28(24)33-22-6-3-19(4-7-22)17-35-11-9-34(2)10-12-35/h5,8,13-16,19,22,37H,3-4,6-7,9-12,17H2,1-2H3,(H,32,33)/t19-,22-. The summed E-state index contributed by atoms with van der Waals surface area (Å²) in [6, 6.07) is 9.63. The first-order valence-electron chi connectivity index (χ1n) is 13.1. The van der Waals surface area contributed by atoms with Crippen LogP contribution in [-0.4, -0.2) is 71.5 Å². The first-order chi connectivity index (χ1) is 17.8. The summed E-state index contributed by atoms with van der Waals surface area (Å²) in [5, 5.41) is 15.0. The summed E-state index contributed by atoms with van der Waals surface area (Å²) < 4.78 is 0. The summed E-state index contributed by atoms with van der Waals surface area (Å²) in [6.45, 7) is 7.43. The number of nitrogens with one attached hydrogen (secondary N) is 1. The van der Waals surface area contributed by atoms with E-state index in [0.29, 0.717) is 11.6 Å². The summed E-state index contributed by atoms with van der Waals surface area (Å²) in [4.78, 5) is 22.2. The summed E-state index contributed by atoms with van der Waals surface area (Å²) in [7, 11) is 2.20. The van der Waals surface area contributed by atoms with E-state index >= 15 is 0 Å². The highest BCUT2D eigenvalue weighted by molar-refractivity contribution is 6.37. The molecule has 1 aromatic heterocycles. The van der Waals surface area contributed by atoms with Crippen molar-refractivity contribution in [1.29, 1.82) is 0 Å². The third-order valence-electron chi connectivity index (χ3n) is 7.90. The van der Waals surface area contributed by atoms with Gasteiger partial charge in [0.05, 0.1) is 26.8 Å². The highest BCUT2D eigenvalue weighted by Gasteiger charge is 2.26. The fourth-order valence-electron chi connectivity index (χ4n) is 5.62. The number of hydrogen-bond donors (Lipinski definition) is 2. The molecule has 8 heteroatoms. The van der Waals surface area contributed by atoms with E-state index < -0.39 is 0 Å². The Bertz CT molecular complexity index is 1280. The van der Waals surface area contributed by atoms with Crippen LogP contribution in [0.1, 0.15) is 43.0 Å². The molecule has 1 saturated heterocycles. The van der Waals surface area contributed by atoms with Crippen molar-refractivity contribution in [2.45, 2.75) is 38.6 Å². The van der Waals surface area contributed by atoms with Gasteiger partial charge in [-0.05, 0) is 81.0 Å². The molecule has 1 aliphatic heterocycles. The van der Waals surface area contributed by atoms with Gasteiger partial charge in [0.1, 0.15) is 0 Å². The molecule has 37 heavy (non-hydrogen) atoms. The van der Waals surface area contributed by atoms with Gasteiger partial charge in [-0.1, -0.05) is 29.3 Å². The second-order valence-electron chi connectivity index (χ2n) is 10.6. The van der Waals surface area contributed by atoms with Gasteiger partial charge in [0.2, 0.25) is 0 Å². The zero-order valence-electron chi connectivity index (χ0n) is 21.4. The molecule has 5 rings (SSSR count). The van der Waals surface area contributed by atoms with E-state index in [1.165, 1.54) is 32.5 Å². The Morgan fingerprint density at radius 2 is 1.70 bits per heavy atom. The van der Waals surface area contributed by atoms with E-state index in [0.717, 1.165) is 59.6 Å². The summed E-state index contributed by atoms with van der Waals surface area (Å²) >= 11 is 12.4. The SMILES string of the molecule is CC(=O)c1cnc2ccc(-c3cc(Cl)c(O)c(Cl)c3)cc2c1N[C@H]1CC[C@H](CN2CCN(C)CC2)CC1. The molecule has 0 amide bonds.